The number of aryl methyl sites for hydroxylation is 1. The lowest BCUT2D eigenvalue weighted by molar-refractivity contribution is -0.757. The van der Waals surface area contributed by atoms with Crippen LogP contribution in [0.4, 0.5) is 0 Å². The van der Waals surface area contributed by atoms with Crippen molar-refractivity contribution in [3.63, 3.8) is 0 Å². The third-order valence-electron chi connectivity index (χ3n) is 6.79. The van der Waals surface area contributed by atoms with Gasteiger partial charge in [-0.25, -0.2) is 0 Å². The largest absolute Gasteiger partial charge is 0.466 e. The summed E-state index contributed by atoms with van der Waals surface area (Å²) in [6.07, 6.45) is 8.87. The van der Waals surface area contributed by atoms with Crippen molar-refractivity contribution in [1.82, 2.24) is 0 Å². The number of hydrogen-bond donors (Lipinski definition) is 3. The quantitative estimate of drug-likeness (QED) is 0.0897. The lowest BCUT2D eigenvalue weighted by Crippen LogP contribution is -2.23. The number of hydrogen-bond acceptors (Lipinski definition) is 8. The fraction of sp³-hybridized carbons (Fsp3) is 0.667. The van der Waals surface area contributed by atoms with E-state index in [1.165, 1.54) is 5.56 Å². The molecule has 9 heteroatoms. The Bertz CT molecular complexity index is 787. The molecule has 9 nitrogen and oxygen atoms in total. The number of aliphatic hydroxyl groups excluding tert-OH is 3. The van der Waals surface area contributed by atoms with Crippen LogP contribution >= 0.6 is 0 Å². The summed E-state index contributed by atoms with van der Waals surface area (Å²) in [6.45, 7) is 0.220. The average molecular weight is 508 g/mol. The van der Waals surface area contributed by atoms with Crippen molar-refractivity contribution in [1.29, 1.82) is 0 Å². The lowest BCUT2D eigenvalue weighted by atomic mass is 9.85. The van der Waals surface area contributed by atoms with Crippen LogP contribution in [0, 0.1) is 22.0 Å². The fourth-order valence-electron chi connectivity index (χ4n) is 4.75. The summed E-state index contributed by atoms with van der Waals surface area (Å²) in [5, 5.41) is 40.5. The Labute approximate surface area is 213 Å². The molecule has 3 N–H and O–H groups in total. The standard InChI is InChI=1S/C27H41NO8/c29-22(15-14-21-10-4-3-5-11-21)16-17-24-23(25(30)20-26(24)31)12-6-1-2-7-13-27(32)35-18-8-9-19-36-28(33)34/h1,3-6,10-11,22-26,29-31H,2,7-9,12-20H2/b6-1+/t22-,23+,24+,25-,26+/m0/s1. The van der Waals surface area contributed by atoms with Gasteiger partial charge in [0.2, 0.25) is 0 Å². The Hall–Kier alpha value is -2.49. The molecule has 1 aromatic rings. The Morgan fingerprint density at radius 3 is 2.53 bits per heavy atom. The first-order valence-electron chi connectivity index (χ1n) is 13.0. The highest BCUT2D eigenvalue weighted by molar-refractivity contribution is 5.69. The van der Waals surface area contributed by atoms with E-state index in [9.17, 15) is 30.2 Å². The van der Waals surface area contributed by atoms with E-state index in [4.69, 9.17) is 4.74 Å². The minimum atomic E-state index is -0.839. The van der Waals surface area contributed by atoms with Crippen molar-refractivity contribution in [2.75, 3.05) is 13.2 Å². The van der Waals surface area contributed by atoms with Gasteiger partial charge in [-0.15, -0.1) is 10.1 Å². The molecule has 0 heterocycles. The van der Waals surface area contributed by atoms with Gasteiger partial charge in [0, 0.05) is 6.42 Å². The average Bonchev–Trinajstić information content (AvgIpc) is 3.12. The van der Waals surface area contributed by atoms with Gasteiger partial charge in [-0.2, -0.15) is 0 Å². The zero-order chi connectivity index (χ0) is 26.2. The smallest absolute Gasteiger partial charge is 0.305 e. The molecule has 5 atom stereocenters. The number of carbonyl (C=O) groups excluding carboxylic acids is 1. The van der Waals surface area contributed by atoms with Gasteiger partial charge in [0.15, 0.2) is 0 Å². The topological polar surface area (TPSA) is 139 Å². The highest BCUT2D eigenvalue weighted by Gasteiger charge is 2.40. The maximum Gasteiger partial charge on any atom is 0.305 e. The number of ether oxygens (including phenoxy) is 1. The highest BCUT2D eigenvalue weighted by atomic mass is 16.9. The maximum atomic E-state index is 11.7. The Morgan fingerprint density at radius 1 is 1.06 bits per heavy atom. The van der Waals surface area contributed by atoms with Crippen LogP contribution in [0.2, 0.25) is 0 Å². The summed E-state index contributed by atoms with van der Waals surface area (Å²) in [6, 6.07) is 10.1. The van der Waals surface area contributed by atoms with E-state index in [1.54, 1.807) is 0 Å². The third-order valence-corrected chi connectivity index (χ3v) is 6.79. The molecule has 1 aliphatic carbocycles. The second kappa shape index (κ2) is 17.1. The number of carbonyl (C=O) groups is 1. The lowest BCUT2D eigenvalue weighted by Gasteiger charge is -2.23. The highest BCUT2D eigenvalue weighted by Crippen LogP contribution is 2.38. The van der Waals surface area contributed by atoms with Crippen molar-refractivity contribution in [3.8, 4) is 0 Å². The number of allylic oxidation sites excluding steroid dienone is 2. The summed E-state index contributed by atoms with van der Waals surface area (Å²) < 4.78 is 5.10. The maximum absolute atomic E-state index is 11.7. The number of benzene rings is 1. The Morgan fingerprint density at radius 2 is 1.78 bits per heavy atom. The van der Waals surface area contributed by atoms with E-state index in [2.05, 4.69) is 17.0 Å². The van der Waals surface area contributed by atoms with Crippen LogP contribution in [0.1, 0.15) is 69.8 Å². The van der Waals surface area contributed by atoms with E-state index in [1.807, 2.05) is 30.4 Å². The molecule has 1 saturated carbocycles. The SMILES string of the molecule is O=C(CCC/C=C/C[C@@H]1[C@@H](CC[C@@H](O)CCc2ccccc2)[C@H](O)C[C@@H]1O)OCCCCO[N+](=O)[O-]. The van der Waals surface area contributed by atoms with Gasteiger partial charge in [0.1, 0.15) is 0 Å². The summed E-state index contributed by atoms with van der Waals surface area (Å²) in [7, 11) is 0. The Balaban J connectivity index is 1.60. The summed E-state index contributed by atoms with van der Waals surface area (Å²) in [5.74, 6) is -0.373. The van der Waals surface area contributed by atoms with Crippen LogP contribution in [0.5, 0.6) is 0 Å². The van der Waals surface area contributed by atoms with Crippen molar-refractivity contribution in [3.05, 3.63) is 58.2 Å². The molecular weight excluding hydrogens is 466 g/mol. The van der Waals surface area contributed by atoms with Crippen LogP contribution in [0.15, 0.2) is 42.5 Å². The van der Waals surface area contributed by atoms with Crippen LogP contribution in [-0.4, -0.2) is 57.9 Å². The molecular formula is C27H41NO8. The van der Waals surface area contributed by atoms with Crippen molar-refractivity contribution >= 4 is 5.97 Å². The first-order chi connectivity index (χ1) is 17.4. The molecule has 2 rings (SSSR count). The predicted molar refractivity (Wildman–Crippen MR) is 134 cm³/mol. The first kappa shape index (κ1) is 29.7. The summed E-state index contributed by atoms with van der Waals surface area (Å²) in [4.78, 5) is 26.0. The van der Waals surface area contributed by atoms with Gasteiger partial charge in [-0.1, -0.05) is 42.5 Å². The van der Waals surface area contributed by atoms with Crippen LogP contribution in [-0.2, 0) is 20.8 Å². The summed E-state index contributed by atoms with van der Waals surface area (Å²) >= 11 is 0. The minimum Gasteiger partial charge on any atom is -0.466 e. The molecule has 1 aliphatic rings. The molecule has 36 heavy (non-hydrogen) atoms. The number of esters is 1. The number of aliphatic hydroxyl groups is 3. The second-order valence-electron chi connectivity index (χ2n) is 9.54. The molecule has 0 unspecified atom stereocenters. The predicted octanol–water partition coefficient (Wildman–Crippen LogP) is 3.77. The van der Waals surface area contributed by atoms with Gasteiger partial charge < -0.3 is 24.9 Å². The van der Waals surface area contributed by atoms with Gasteiger partial charge >= 0.3 is 5.97 Å². The number of rotatable bonds is 18. The van der Waals surface area contributed by atoms with Gasteiger partial charge in [-0.05, 0) is 81.6 Å². The molecule has 202 valence electrons. The van der Waals surface area contributed by atoms with Crippen molar-refractivity contribution in [2.24, 2.45) is 11.8 Å². The molecule has 1 aromatic carbocycles. The zero-order valence-corrected chi connectivity index (χ0v) is 21.0. The molecule has 0 spiro atoms. The molecule has 0 aromatic heterocycles. The molecule has 0 amide bonds. The van der Waals surface area contributed by atoms with Crippen LogP contribution in [0.3, 0.4) is 0 Å². The second-order valence-corrected chi connectivity index (χ2v) is 9.54. The normalized spacial score (nSPS) is 22.5. The van der Waals surface area contributed by atoms with E-state index >= 15 is 0 Å². The number of nitrogens with zero attached hydrogens (tertiary/aromatic N) is 1. The fourth-order valence-corrected chi connectivity index (χ4v) is 4.75. The van der Waals surface area contributed by atoms with Gasteiger partial charge in [0.25, 0.3) is 5.09 Å². The third kappa shape index (κ3) is 12.0. The van der Waals surface area contributed by atoms with E-state index in [0.717, 1.165) is 6.42 Å². The molecule has 0 saturated heterocycles. The summed E-state index contributed by atoms with van der Waals surface area (Å²) in [5.41, 5.74) is 1.20. The van der Waals surface area contributed by atoms with E-state index < -0.39 is 23.4 Å². The minimum absolute atomic E-state index is 0.00222. The molecule has 1 fully saturated rings. The molecule has 0 bridgehead atoms. The molecule has 0 radical (unpaired) electrons. The number of unbranched alkanes of at least 4 members (excludes halogenated alkanes) is 2. The molecule has 0 aliphatic heterocycles. The van der Waals surface area contributed by atoms with Crippen molar-refractivity contribution in [2.45, 2.75) is 88.9 Å². The van der Waals surface area contributed by atoms with E-state index in [-0.39, 0.29) is 31.0 Å². The monoisotopic (exact) mass is 507 g/mol. The Kier molecular flexibility index (Phi) is 14.1. The van der Waals surface area contributed by atoms with Crippen LogP contribution in [0.25, 0.3) is 0 Å². The first-order valence-corrected chi connectivity index (χ1v) is 13.0. The van der Waals surface area contributed by atoms with Gasteiger partial charge in [0.05, 0.1) is 31.5 Å². The van der Waals surface area contributed by atoms with Crippen LogP contribution < -0.4 is 0 Å². The van der Waals surface area contributed by atoms with Crippen molar-refractivity contribution < 1.29 is 34.8 Å². The van der Waals surface area contributed by atoms with E-state index in [0.29, 0.717) is 64.2 Å². The zero-order valence-electron chi connectivity index (χ0n) is 21.0. The van der Waals surface area contributed by atoms with Gasteiger partial charge in [-0.3, -0.25) is 4.79 Å².